The molecule has 0 bridgehead atoms. The molecule has 0 aliphatic heterocycles. The lowest BCUT2D eigenvalue weighted by atomic mass is 9.81. The average Bonchev–Trinajstić information content (AvgIpc) is 2.44. The summed E-state index contributed by atoms with van der Waals surface area (Å²) in [6.07, 6.45) is 6.10. The van der Waals surface area contributed by atoms with Gasteiger partial charge in [-0.25, -0.2) is 4.39 Å². The minimum Gasteiger partial charge on any atom is -0.489 e. The molecule has 1 aromatic carbocycles. The number of hydrogen-bond donors (Lipinski definition) is 1. The minimum absolute atomic E-state index is 0.146. The second-order valence-corrected chi connectivity index (χ2v) is 5.93. The van der Waals surface area contributed by atoms with E-state index in [2.05, 4.69) is 12.2 Å². The Morgan fingerprint density at radius 1 is 1.35 bits per heavy atom. The van der Waals surface area contributed by atoms with Crippen LogP contribution in [0.1, 0.15) is 44.6 Å². The highest BCUT2D eigenvalue weighted by Crippen LogP contribution is 2.31. The van der Waals surface area contributed by atoms with Gasteiger partial charge in [0.2, 0.25) is 0 Å². The molecule has 1 aliphatic rings. The van der Waals surface area contributed by atoms with Gasteiger partial charge in [-0.15, -0.1) is 0 Å². The maximum atomic E-state index is 13.6. The van der Waals surface area contributed by atoms with Crippen LogP contribution in [-0.4, -0.2) is 19.2 Å². The van der Waals surface area contributed by atoms with Gasteiger partial charge in [-0.1, -0.05) is 25.8 Å². The maximum Gasteiger partial charge on any atom is 0.129 e. The molecular weight excluding hydrogens is 253 g/mol. The van der Waals surface area contributed by atoms with Crippen LogP contribution in [0.4, 0.5) is 4.39 Å². The van der Waals surface area contributed by atoms with E-state index in [4.69, 9.17) is 4.74 Å². The maximum absolute atomic E-state index is 13.6. The number of hydrogen-bond acceptors (Lipinski definition) is 2. The molecule has 3 heteroatoms. The molecule has 2 nitrogen and oxygen atoms in total. The Morgan fingerprint density at radius 3 is 2.80 bits per heavy atom. The van der Waals surface area contributed by atoms with Gasteiger partial charge in [-0.3, -0.25) is 0 Å². The van der Waals surface area contributed by atoms with Crippen LogP contribution in [0, 0.1) is 18.7 Å². The van der Waals surface area contributed by atoms with E-state index in [0.29, 0.717) is 17.4 Å². The zero-order valence-corrected chi connectivity index (χ0v) is 12.8. The van der Waals surface area contributed by atoms with Crippen molar-refractivity contribution in [3.8, 4) is 5.75 Å². The quantitative estimate of drug-likeness (QED) is 0.877. The highest BCUT2D eigenvalue weighted by molar-refractivity contribution is 5.28. The summed E-state index contributed by atoms with van der Waals surface area (Å²) in [7, 11) is 1.98. The lowest BCUT2D eigenvalue weighted by molar-refractivity contribution is 0.0863. The molecule has 112 valence electrons. The first-order valence-electron chi connectivity index (χ1n) is 7.74. The highest BCUT2D eigenvalue weighted by Gasteiger charge is 2.30. The van der Waals surface area contributed by atoms with Crippen LogP contribution in [0.15, 0.2) is 18.2 Å². The van der Waals surface area contributed by atoms with Crippen molar-refractivity contribution in [1.29, 1.82) is 0 Å². The van der Waals surface area contributed by atoms with Gasteiger partial charge in [0.05, 0.1) is 0 Å². The largest absolute Gasteiger partial charge is 0.489 e. The molecule has 0 saturated heterocycles. The summed E-state index contributed by atoms with van der Waals surface area (Å²) in [6, 6.07) is 5.53. The second-order valence-electron chi connectivity index (χ2n) is 5.93. The van der Waals surface area contributed by atoms with Crippen molar-refractivity contribution >= 4 is 0 Å². The number of ether oxygens (including phenoxy) is 1. The van der Waals surface area contributed by atoms with Gasteiger partial charge in [-0.05, 0) is 50.8 Å². The van der Waals surface area contributed by atoms with Gasteiger partial charge in [-0.2, -0.15) is 0 Å². The summed E-state index contributed by atoms with van der Waals surface area (Å²) in [5.74, 6) is 1.20. The summed E-state index contributed by atoms with van der Waals surface area (Å²) in [5.41, 5.74) is 0.662. The highest BCUT2D eigenvalue weighted by atomic mass is 19.1. The topological polar surface area (TPSA) is 21.3 Å². The lowest BCUT2D eigenvalue weighted by Crippen LogP contribution is -2.45. The Balaban J connectivity index is 2.04. The smallest absolute Gasteiger partial charge is 0.129 e. The van der Waals surface area contributed by atoms with E-state index >= 15 is 0 Å². The van der Waals surface area contributed by atoms with E-state index in [0.717, 1.165) is 18.8 Å². The monoisotopic (exact) mass is 279 g/mol. The molecule has 20 heavy (non-hydrogen) atoms. The van der Waals surface area contributed by atoms with Crippen LogP contribution in [0.3, 0.4) is 0 Å². The van der Waals surface area contributed by atoms with Crippen LogP contribution in [0.5, 0.6) is 5.75 Å². The molecule has 1 N–H and O–H groups in total. The Kier molecular flexibility index (Phi) is 5.41. The molecule has 1 aromatic rings. The fourth-order valence-corrected chi connectivity index (χ4v) is 3.16. The van der Waals surface area contributed by atoms with Gasteiger partial charge in [0, 0.05) is 12.1 Å². The van der Waals surface area contributed by atoms with Crippen molar-refractivity contribution in [3.63, 3.8) is 0 Å². The molecule has 0 heterocycles. The molecule has 0 spiro atoms. The van der Waals surface area contributed by atoms with Crippen LogP contribution >= 0.6 is 0 Å². The molecule has 3 unspecified atom stereocenters. The van der Waals surface area contributed by atoms with Gasteiger partial charge >= 0.3 is 0 Å². The van der Waals surface area contributed by atoms with Crippen molar-refractivity contribution in [1.82, 2.24) is 5.32 Å². The SMILES string of the molecule is CCCC1CCC(NC)C(Oc2ccc(C)c(F)c2)C1. The van der Waals surface area contributed by atoms with E-state index in [1.807, 2.05) is 13.1 Å². The molecule has 1 saturated carbocycles. The normalized spacial score (nSPS) is 26.5. The van der Waals surface area contributed by atoms with Gasteiger partial charge in [0.25, 0.3) is 0 Å². The standard InChI is InChI=1S/C17H26FNO/c1-4-5-13-7-9-16(19-3)17(10-13)20-14-8-6-12(2)15(18)11-14/h6,8,11,13,16-17,19H,4-5,7,9-10H2,1-3H3. The first kappa shape index (κ1) is 15.3. The Labute approximate surface area is 121 Å². The minimum atomic E-state index is -0.190. The van der Waals surface area contributed by atoms with E-state index in [1.54, 1.807) is 13.0 Å². The number of rotatable bonds is 5. The summed E-state index contributed by atoms with van der Waals surface area (Å²) in [4.78, 5) is 0. The third-order valence-corrected chi connectivity index (χ3v) is 4.40. The summed E-state index contributed by atoms with van der Waals surface area (Å²) >= 11 is 0. The van der Waals surface area contributed by atoms with E-state index in [9.17, 15) is 4.39 Å². The average molecular weight is 279 g/mol. The van der Waals surface area contributed by atoms with Crippen LogP contribution < -0.4 is 10.1 Å². The third kappa shape index (κ3) is 3.72. The Bertz CT molecular complexity index is 435. The lowest BCUT2D eigenvalue weighted by Gasteiger charge is -2.36. The summed E-state index contributed by atoms with van der Waals surface area (Å²) in [6.45, 7) is 4.00. The Hall–Kier alpha value is -1.09. The van der Waals surface area contributed by atoms with Crippen molar-refractivity contribution in [2.75, 3.05) is 7.05 Å². The molecule has 1 aliphatic carbocycles. The third-order valence-electron chi connectivity index (χ3n) is 4.40. The zero-order valence-electron chi connectivity index (χ0n) is 12.8. The zero-order chi connectivity index (χ0) is 14.5. The summed E-state index contributed by atoms with van der Waals surface area (Å²) < 4.78 is 19.7. The predicted octanol–water partition coefficient (Wildman–Crippen LogP) is 4.07. The Morgan fingerprint density at radius 2 is 2.15 bits per heavy atom. The fraction of sp³-hybridized carbons (Fsp3) is 0.647. The molecule has 2 rings (SSSR count). The van der Waals surface area contributed by atoms with Crippen molar-refractivity contribution in [2.24, 2.45) is 5.92 Å². The van der Waals surface area contributed by atoms with E-state index in [1.165, 1.54) is 25.3 Å². The fourth-order valence-electron chi connectivity index (χ4n) is 3.16. The van der Waals surface area contributed by atoms with E-state index < -0.39 is 0 Å². The predicted molar refractivity (Wildman–Crippen MR) is 80.6 cm³/mol. The van der Waals surface area contributed by atoms with Crippen LogP contribution in [0.2, 0.25) is 0 Å². The molecule has 0 radical (unpaired) electrons. The number of nitrogens with one attached hydrogen (secondary N) is 1. The number of benzene rings is 1. The first-order chi connectivity index (χ1) is 9.63. The molecule has 0 amide bonds. The molecule has 3 atom stereocenters. The molecule has 1 fully saturated rings. The van der Waals surface area contributed by atoms with Crippen LogP contribution in [0.25, 0.3) is 0 Å². The van der Waals surface area contributed by atoms with Crippen LogP contribution in [-0.2, 0) is 0 Å². The van der Waals surface area contributed by atoms with Gasteiger partial charge in [0.1, 0.15) is 17.7 Å². The van der Waals surface area contributed by atoms with Gasteiger partial charge in [0.15, 0.2) is 0 Å². The van der Waals surface area contributed by atoms with Crippen molar-refractivity contribution < 1.29 is 9.13 Å². The van der Waals surface area contributed by atoms with Crippen molar-refractivity contribution in [3.05, 3.63) is 29.6 Å². The first-order valence-corrected chi connectivity index (χ1v) is 7.74. The second kappa shape index (κ2) is 7.07. The number of halogens is 1. The van der Waals surface area contributed by atoms with Gasteiger partial charge < -0.3 is 10.1 Å². The number of likely N-dealkylation sites (N-methyl/N-ethyl adjacent to an activating group) is 1. The number of aryl methyl sites for hydroxylation is 1. The van der Waals surface area contributed by atoms with Crippen molar-refractivity contribution in [2.45, 2.75) is 58.1 Å². The summed E-state index contributed by atoms with van der Waals surface area (Å²) in [5, 5.41) is 3.34. The molecule has 0 aromatic heterocycles. The molecular formula is C17H26FNO. The van der Waals surface area contributed by atoms with E-state index in [-0.39, 0.29) is 11.9 Å².